The Kier molecular flexibility index (Phi) is 4.94. The number of hydrogen-bond acceptors (Lipinski definition) is 3. The van der Waals surface area contributed by atoms with Crippen molar-refractivity contribution in [2.24, 2.45) is 7.05 Å². The van der Waals surface area contributed by atoms with Crippen molar-refractivity contribution in [2.45, 2.75) is 17.4 Å². The van der Waals surface area contributed by atoms with E-state index < -0.39 is 32.7 Å². The zero-order valence-corrected chi connectivity index (χ0v) is 12.6. The van der Waals surface area contributed by atoms with Crippen LogP contribution in [0.4, 0.5) is 8.78 Å². The summed E-state index contributed by atoms with van der Waals surface area (Å²) in [6, 6.07) is 6.28. The van der Waals surface area contributed by atoms with Crippen LogP contribution < -0.4 is 4.72 Å². The molecule has 1 unspecified atom stereocenters. The van der Waals surface area contributed by atoms with Gasteiger partial charge in [0, 0.05) is 25.5 Å². The zero-order chi connectivity index (χ0) is 16.3. The summed E-state index contributed by atoms with van der Waals surface area (Å²) in [7, 11) is -2.57. The summed E-state index contributed by atoms with van der Waals surface area (Å²) in [5.74, 6) is -2.31. The second-order valence-corrected chi connectivity index (χ2v) is 6.50. The van der Waals surface area contributed by atoms with E-state index in [-0.39, 0.29) is 13.0 Å². The molecule has 2 aromatic rings. The molecule has 0 aliphatic heterocycles. The fraction of sp³-hybridized carbons (Fsp3) is 0.286. The fourth-order valence-corrected chi connectivity index (χ4v) is 3.29. The highest BCUT2D eigenvalue weighted by atomic mass is 32.2. The summed E-state index contributed by atoms with van der Waals surface area (Å²) in [4.78, 5) is -1.01. The molecule has 22 heavy (non-hydrogen) atoms. The van der Waals surface area contributed by atoms with Gasteiger partial charge >= 0.3 is 0 Å². The van der Waals surface area contributed by atoms with E-state index in [1.165, 1.54) is 0 Å². The minimum Gasteiger partial charge on any atom is -0.387 e. The molecule has 0 spiro atoms. The van der Waals surface area contributed by atoms with Gasteiger partial charge in [0.15, 0.2) is 4.90 Å². The van der Waals surface area contributed by atoms with Crippen LogP contribution in [0.5, 0.6) is 0 Å². The molecule has 0 amide bonds. The third kappa shape index (κ3) is 3.52. The van der Waals surface area contributed by atoms with Crippen LogP contribution >= 0.6 is 0 Å². The molecule has 2 rings (SSSR count). The van der Waals surface area contributed by atoms with Gasteiger partial charge in [0.1, 0.15) is 11.6 Å². The summed E-state index contributed by atoms with van der Waals surface area (Å²) in [5.41, 5.74) is 0.622. The normalized spacial score (nSPS) is 13.3. The molecule has 1 aromatic carbocycles. The molecule has 0 aliphatic rings. The second kappa shape index (κ2) is 6.55. The van der Waals surface area contributed by atoms with Crippen molar-refractivity contribution in [1.29, 1.82) is 0 Å². The number of rotatable bonds is 6. The highest BCUT2D eigenvalue weighted by Crippen LogP contribution is 2.19. The third-order valence-corrected chi connectivity index (χ3v) is 4.73. The van der Waals surface area contributed by atoms with E-state index in [9.17, 15) is 22.3 Å². The molecule has 1 atom stereocenters. The van der Waals surface area contributed by atoms with Crippen LogP contribution in [0.3, 0.4) is 0 Å². The van der Waals surface area contributed by atoms with Gasteiger partial charge in [0.2, 0.25) is 10.0 Å². The highest BCUT2D eigenvalue weighted by Gasteiger charge is 2.23. The predicted octanol–water partition coefficient (Wildman–Crippen LogP) is 1.71. The van der Waals surface area contributed by atoms with Crippen LogP contribution in [0.15, 0.2) is 41.4 Å². The van der Waals surface area contributed by atoms with Crippen LogP contribution in [0.2, 0.25) is 0 Å². The van der Waals surface area contributed by atoms with E-state index in [1.54, 1.807) is 29.9 Å². The van der Waals surface area contributed by atoms with Gasteiger partial charge in [-0.1, -0.05) is 6.07 Å². The Balaban J connectivity index is 2.03. The lowest BCUT2D eigenvalue weighted by molar-refractivity contribution is 0.161. The van der Waals surface area contributed by atoms with E-state index in [0.717, 1.165) is 18.2 Å². The summed E-state index contributed by atoms with van der Waals surface area (Å²) >= 11 is 0. The lowest BCUT2D eigenvalue weighted by Crippen LogP contribution is -2.27. The van der Waals surface area contributed by atoms with Crippen molar-refractivity contribution < 1.29 is 22.3 Å². The third-order valence-electron chi connectivity index (χ3n) is 3.22. The van der Waals surface area contributed by atoms with Gasteiger partial charge in [-0.15, -0.1) is 0 Å². The maximum Gasteiger partial charge on any atom is 0.246 e. The number of benzene rings is 1. The van der Waals surface area contributed by atoms with Gasteiger partial charge in [0.05, 0.1) is 6.10 Å². The zero-order valence-electron chi connectivity index (χ0n) is 11.8. The molecule has 1 heterocycles. The Labute approximate surface area is 127 Å². The predicted molar refractivity (Wildman–Crippen MR) is 76.5 cm³/mol. The number of aryl methyl sites for hydroxylation is 1. The van der Waals surface area contributed by atoms with E-state index in [0.29, 0.717) is 5.69 Å². The van der Waals surface area contributed by atoms with Gasteiger partial charge in [-0.25, -0.2) is 21.9 Å². The van der Waals surface area contributed by atoms with E-state index in [1.807, 2.05) is 0 Å². The van der Waals surface area contributed by atoms with Crippen molar-refractivity contribution in [1.82, 2.24) is 9.29 Å². The van der Waals surface area contributed by atoms with Gasteiger partial charge in [-0.05, 0) is 30.7 Å². The molecule has 0 bridgehead atoms. The minimum absolute atomic E-state index is 0.0765. The van der Waals surface area contributed by atoms with Crippen molar-refractivity contribution in [3.8, 4) is 0 Å². The standard InChI is InChI=1S/C14H16F2N2O3S/c1-18-9-3-6-12(18)13(19)7-8-17-22(20,21)14-10(15)4-2-5-11(14)16/h2-6,9,13,17,19H,7-8H2,1H3. The molecule has 0 fully saturated rings. The van der Waals surface area contributed by atoms with Crippen LogP contribution in [0.25, 0.3) is 0 Å². The number of hydrogen-bond donors (Lipinski definition) is 2. The second-order valence-electron chi connectivity index (χ2n) is 4.80. The van der Waals surface area contributed by atoms with Crippen molar-refractivity contribution >= 4 is 10.0 Å². The van der Waals surface area contributed by atoms with Crippen LogP contribution in [0, 0.1) is 11.6 Å². The number of aliphatic hydroxyl groups is 1. The topological polar surface area (TPSA) is 71.3 Å². The first kappa shape index (κ1) is 16.6. The lowest BCUT2D eigenvalue weighted by atomic mass is 10.2. The van der Waals surface area contributed by atoms with Crippen molar-refractivity contribution in [3.63, 3.8) is 0 Å². The molecule has 8 heteroatoms. The molecule has 1 aromatic heterocycles. The van der Waals surface area contributed by atoms with E-state index >= 15 is 0 Å². The molecule has 5 nitrogen and oxygen atoms in total. The maximum atomic E-state index is 13.5. The van der Waals surface area contributed by atoms with Gasteiger partial charge in [-0.3, -0.25) is 0 Å². The van der Waals surface area contributed by atoms with Crippen molar-refractivity contribution in [3.05, 3.63) is 53.9 Å². The van der Waals surface area contributed by atoms with Crippen LogP contribution in [-0.4, -0.2) is 24.6 Å². The average Bonchev–Trinajstić information content (AvgIpc) is 2.84. The Bertz CT molecular complexity index is 739. The molecule has 0 saturated heterocycles. The molecule has 0 aliphatic carbocycles. The number of nitrogens with zero attached hydrogens (tertiary/aromatic N) is 1. The molecule has 0 saturated carbocycles. The average molecular weight is 330 g/mol. The smallest absolute Gasteiger partial charge is 0.246 e. The first-order valence-corrected chi connectivity index (χ1v) is 8.04. The van der Waals surface area contributed by atoms with Crippen LogP contribution in [-0.2, 0) is 17.1 Å². The largest absolute Gasteiger partial charge is 0.387 e. The number of sulfonamides is 1. The van der Waals surface area contributed by atoms with Gasteiger partial charge in [-0.2, -0.15) is 0 Å². The van der Waals surface area contributed by atoms with E-state index in [4.69, 9.17) is 0 Å². The molecule has 0 radical (unpaired) electrons. The Morgan fingerprint density at radius 3 is 2.41 bits per heavy atom. The summed E-state index contributed by atoms with van der Waals surface area (Å²) in [6.07, 6.45) is 0.943. The first-order valence-electron chi connectivity index (χ1n) is 6.56. The monoisotopic (exact) mass is 330 g/mol. The summed E-state index contributed by atoms with van der Waals surface area (Å²) < 4.78 is 54.7. The number of halogens is 2. The SMILES string of the molecule is Cn1cccc1C(O)CCNS(=O)(=O)c1c(F)cccc1F. The fourth-order valence-electron chi connectivity index (χ4n) is 2.11. The summed E-state index contributed by atoms with van der Waals surface area (Å²) in [6.45, 7) is -0.150. The molecule has 2 N–H and O–H groups in total. The van der Waals surface area contributed by atoms with Crippen molar-refractivity contribution in [2.75, 3.05) is 6.54 Å². The molecular weight excluding hydrogens is 314 g/mol. The van der Waals surface area contributed by atoms with Crippen LogP contribution in [0.1, 0.15) is 18.2 Å². The summed E-state index contributed by atoms with van der Waals surface area (Å²) in [5, 5.41) is 9.96. The Hall–Kier alpha value is -1.77. The molecular formula is C14H16F2N2O3S. The highest BCUT2D eigenvalue weighted by molar-refractivity contribution is 7.89. The molecule has 120 valence electrons. The number of aliphatic hydroxyl groups excluding tert-OH is 1. The Morgan fingerprint density at radius 2 is 1.86 bits per heavy atom. The van der Waals surface area contributed by atoms with Gasteiger partial charge < -0.3 is 9.67 Å². The first-order chi connectivity index (χ1) is 10.3. The number of aromatic nitrogens is 1. The van der Waals surface area contributed by atoms with Gasteiger partial charge in [0.25, 0.3) is 0 Å². The minimum atomic E-state index is -4.31. The van der Waals surface area contributed by atoms with E-state index in [2.05, 4.69) is 4.72 Å². The lowest BCUT2D eigenvalue weighted by Gasteiger charge is -2.13. The Morgan fingerprint density at radius 1 is 1.23 bits per heavy atom. The number of nitrogens with one attached hydrogen (secondary N) is 1. The quantitative estimate of drug-likeness (QED) is 0.847. The maximum absolute atomic E-state index is 13.5.